The standard InChI is InChI=1S/C13H10F2N2O/c1-8-2-3-9(18-8)6-17-7-16-12-4-10(14)11(15)5-13(12)17/h2-5,7H,6H2,1H3. The van der Waals surface area contributed by atoms with Crippen molar-refractivity contribution in [2.75, 3.05) is 0 Å². The zero-order valence-corrected chi connectivity index (χ0v) is 9.65. The molecule has 18 heavy (non-hydrogen) atoms. The van der Waals surface area contributed by atoms with E-state index in [1.165, 1.54) is 0 Å². The predicted molar refractivity (Wildman–Crippen MR) is 62.2 cm³/mol. The zero-order valence-electron chi connectivity index (χ0n) is 9.65. The van der Waals surface area contributed by atoms with E-state index in [0.717, 1.165) is 23.7 Å². The van der Waals surface area contributed by atoms with Gasteiger partial charge in [0.25, 0.3) is 0 Å². The van der Waals surface area contributed by atoms with Crippen molar-refractivity contribution in [3.63, 3.8) is 0 Å². The number of nitrogens with zero attached hydrogens (tertiary/aromatic N) is 2. The van der Waals surface area contributed by atoms with E-state index in [4.69, 9.17) is 4.42 Å². The second kappa shape index (κ2) is 3.94. The summed E-state index contributed by atoms with van der Waals surface area (Å²) in [5, 5.41) is 0. The Kier molecular flexibility index (Phi) is 2.40. The minimum Gasteiger partial charge on any atom is -0.464 e. The molecule has 5 heteroatoms. The van der Waals surface area contributed by atoms with E-state index in [1.54, 1.807) is 10.9 Å². The maximum absolute atomic E-state index is 13.2. The van der Waals surface area contributed by atoms with Crippen molar-refractivity contribution in [1.82, 2.24) is 9.55 Å². The van der Waals surface area contributed by atoms with Gasteiger partial charge in [-0.3, -0.25) is 0 Å². The number of fused-ring (bicyclic) bond motifs is 1. The van der Waals surface area contributed by atoms with Gasteiger partial charge in [-0.2, -0.15) is 0 Å². The van der Waals surface area contributed by atoms with Crippen molar-refractivity contribution >= 4 is 11.0 Å². The van der Waals surface area contributed by atoms with Crippen LogP contribution in [0.4, 0.5) is 8.78 Å². The Labute approximate surface area is 102 Å². The van der Waals surface area contributed by atoms with Gasteiger partial charge >= 0.3 is 0 Å². The van der Waals surface area contributed by atoms with Gasteiger partial charge in [0.1, 0.15) is 11.5 Å². The third-order valence-corrected chi connectivity index (χ3v) is 2.79. The van der Waals surface area contributed by atoms with Crippen LogP contribution in [-0.2, 0) is 6.54 Å². The van der Waals surface area contributed by atoms with Crippen molar-refractivity contribution in [1.29, 1.82) is 0 Å². The second-order valence-electron chi connectivity index (χ2n) is 4.14. The first kappa shape index (κ1) is 11.0. The molecule has 3 rings (SSSR count). The number of furan rings is 1. The van der Waals surface area contributed by atoms with E-state index in [-0.39, 0.29) is 0 Å². The largest absolute Gasteiger partial charge is 0.464 e. The molecule has 1 aromatic carbocycles. The molecule has 0 unspecified atom stereocenters. The molecular formula is C13H10F2N2O. The number of imidazole rings is 1. The van der Waals surface area contributed by atoms with Crippen molar-refractivity contribution in [2.24, 2.45) is 0 Å². The summed E-state index contributed by atoms with van der Waals surface area (Å²) in [4.78, 5) is 4.04. The van der Waals surface area contributed by atoms with Crippen LogP contribution in [0.15, 0.2) is 35.0 Å². The summed E-state index contributed by atoms with van der Waals surface area (Å²) in [6.45, 7) is 2.29. The Balaban J connectivity index is 2.04. The number of aryl methyl sites for hydroxylation is 1. The summed E-state index contributed by atoms with van der Waals surface area (Å²) in [6.07, 6.45) is 1.54. The number of rotatable bonds is 2. The predicted octanol–water partition coefficient (Wildman–Crippen LogP) is 3.26. The molecule has 0 saturated heterocycles. The van der Waals surface area contributed by atoms with Crippen LogP contribution in [-0.4, -0.2) is 9.55 Å². The monoisotopic (exact) mass is 248 g/mol. The van der Waals surface area contributed by atoms with Gasteiger partial charge in [0.2, 0.25) is 0 Å². The Morgan fingerprint density at radius 2 is 2.00 bits per heavy atom. The highest BCUT2D eigenvalue weighted by atomic mass is 19.2. The lowest BCUT2D eigenvalue weighted by molar-refractivity contribution is 0.472. The molecule has 3 nitrogen and oxygen atoms in total. The van der Waals surface area contributed by atoms with E-state index in [2.05, 4.69) is 4.98 Å². The normalized spacial score (nSPS) is 11.3. The molecular weight excluding hydrogens is 238 g/mol. The smallest absolute Gasteiger partial charge is 0.161 e. The summed E-state index contributed by atoms with van der Waals surface area (Å²) in [7, 11) is 0. The molecule has 0 aliphatic carbocycles. The highest BCUT2D eigenvalue weighted by molar-refractivity contribution is 5.75. The van der Waals surface area contributed by atoms with Crippen LogP contribution in [0.2, 0.25) is 0 Å². The third kappa shape index (κ3) is 1.77. The highest BCUT2D eigenvalue weighted by Crippen LogP contribution is 2.19. The van der Waals surface area contributed by atoms with Crippen molar-refractivity contribution in [3.8, 4) is 0 Å². The molecule has 0 aliphatic heterocycles. The molecule has 0 bridgehead atoms. The Bertz CT molecular complexity index is 715. The van der Waals surface area contributed by atoms with Gasteiger partial charge in [0.05, 0.1) is 23.9 Å². The molecule has 2 heterocycles. The minimum absolute atomic E-state index is 0.428. The number of halogens is 2. The molecule has 2 aromatic heterocycles. The fraction of sp³-hybridized carbons (Fsp3) is 0.154. The lowest BCUT2D eigenvalue weighted by Gasteiger charge is -2.02. The van der Waals surface area contributed by atoms with E-state index in [9.17, 15) is 8.78 Å². The molecule has 0 amide bonds. The molecule has 92 valence electrons. The lowest BCUT2D eigenvalue weighted by atomic mass is 10.3. The number of hydrogen-bond acceptors (Lipinski definition) is 2. The molecule has 0 spiro atoms. The first-order chi connectivity index (χ1) is 8.63. The zero-order chi connectivity index (χ0) is 12.7. The van der Waals surface area contributed by atoms with Crippen LogP contribution in [0, 0.1) is 18.6 Å². The lowest BCUT2D eigenvalue weighted by Crippen LogP contribution is -1.97. The van der Waals surface area contributed by atoms with Gasteiger partial charge in [-0.15, -0.1) is 0 Å². The van der Waals surface area contributed by atoms with Crippen molar-refractivity contribution in [3.05, 3.63) is 53.7 Å². The Morgan fingerprint density at radius 3 is 2.72 bits per heavy atom. The van der Waals surface area contributed by atoms with Crippen LogP contribution in [0.5, 0.6) is 0 Å². The van der Waals surface area contributed by atoms with E-state index < -0.39 is 11.6 Å². The molecule has 0 atom stereocenters. The highest BCUT2D eigenvalue weighted by Gasteiger charge is 2.10. The molecule has 0 fully saturated rings. The summed E-state index contributed by atoms with van der Waals surface area (Å²) in [5.74, 6) is -0.204. The van der Waals surface area contributed by atoms with Crippen molar-refractivity contribution in [2.45, 2.75) is 13.5 Å². The number of aromatic nitrogens is 2. The molecule has 0 aliphatic rings. The van der Waals surface area contributed by atoms with Gasteiger partial charge in [0, 0.05) is 12.1 Å². The molecule has 0 radical (unpaired) electrons. The van der Waals surface area contributed by atoms with E-state index >= 15 is 0 Å². The first-order valence-electron chi connectivity index (χ1n) is 5.48. The average Bonchev–Trinajstić information content (AvgIpc) is 2.89. The average molecular weight is 248 g/mol. The fourth-order valence-electron chi connectivity index (χ4n) is 1.92. The summed E-state index contributed by atoms with van der Waals surface area (Å²) in [5.41, 5.74) is 0.972. The molecule has 3 aromatic rings. The van der Waals surface area contributed by atoms with Gasteiger partial charge in [-0.1, -0.05) is 0 Å². The van der Waals surface area contributed by atoms with E-state index in [1.807, 2.05) is 19.1 Å². The Hall–Kier alpha value is -2.17. The van der Waals surface area contributed by atoms with Gasteiger partial charge in [-0.25, -0.2) is 13.8 Å². The second-order valence-corrected chi connectivity index (χ2v) is 4.14. The Morgan fingerprint density at radius 1 is 1.22 bits per heavy atom. The van der Waals surface area contributed by atoms with Crippen molar-refractivity contribution < 1.29 is 13.2 Å². The van der Waals surface area contributed by atoms with Crippen LogP contribution in [0.1, 0.15) is 11.5 Å². The topological polar surface area (TPSA) is 31.0 Å². The third-order valence-electron chi connectivity index (χ3n) is 2.79. The minimum atomic E-state index is -0.887. The maximum atomic E-state index is 13.2. The first-order valence-corrected chi connectivity index (χ1v) is 5.48. The summed E-state index contributed by atoms with van der Waals surface area (Å²) >= 11 is 0. The van der Waals surface area contributed by atoms with Crippen LogP contribution < -0.4 is 0 Å². The van der Waals surface area contributed by atoms with Crippen LogP contribution >= 0.6 is 0 Å². The SMILES string of the molecule is Cc1ccc(Cn2cnc3cc(F)c(F)cc32)o1. The maximum Gasteiger partial charge on any atom is 0.161 e. The van der Waals surface area contributed by atoms with E-state index in [0.29, 0.717) is 17.6 Å². The summed E-state index contributed by atoms with van der Waals surface area (Å²) in [6, 6.07) is 5.94. The molecule has 0 N–H and O–H groups in total. The molecule has 0 saturated carbocycles. The van der Waals surface area contributed by atoms with Gasteiger partial charge in [-0.05, 0) is 19.1 Å². The van der Waals surface area contributed by atoms with Gasteiger partial charge in [0.15, 0.2) is 11.6 Å². The number of benzene rings is 1. The number of hydrogen-bond donors (Lipinski definition) is 0. The van der Waals surface area contributed by atoms with Crippen LogP contribution in [0.3, 0.4) is 0 Å². The van der Waals surface area contributed by atoms with Gasteiger partial charge < -0.3 is 8.98 Å². The summed E-state index contributed by atoms with van der Waals surface area (Å²) < 4.78 is 33.4. The fourth-order valence-corrected chi connectivity index (χ4v) is 1.92. The van der Waals surface area contributed by atoms with Crippen LogP contribution in [0.25, 0.3) is 11.0 Å². The quantitative estimate of drug-likeness (QED) is 0.697.